The van der Waals surface area contributed by atoms with Gasteiger partial charge in [-0.1, -0.05) is 35.9 Å². The second-order valence-electron chi connectivity index (χ2n) is 4.44. The summed E-state index contributed by atoms with van der Waals surface area (Å²) < 4.78 is 6.87. The summed E-state index contributed by atoms with van der Waals surface area (Å²) in [7, 11) is 0. The highest BCUT2D eigenvalue weighted by Crippen LogP contribution is 2.30. The Morgan fingerprint density at radius 3 is 2.76 bits per heavy atom. The van der Waals surface area contributed by atoms with Crippen LogP contribution < -0.4 is 0 Å². The molecule has 0 bridgehead atoms. The molecule has 0 aliphatic rings. The van der Waals surface area contributed by atoms with Crippen LogP contribution in [0.1, 0.15) is 17.4 Å². The van der Waals surface area contributed by atoms with Gasteiger partial charge in [-0.15, -0.1) is 0 Å². The molecule has 3 rings (SSSR count). The van der Waals surface area contributed by atoms with E-state index in [0.717, 1.165) is 0 Å². The van der Waals surface area contributed by atoms with E-state index in [9.17, 15) is 4.79 Å². The molecular formula is C16H13ClN2O2. The molecule has 0 aliphatic heterocycles. The summed E-state index contributed by atoms with van der Waals surface area (Å²) in [5.41, 5.74) is 2.31. The number of nitrogens with zero attached hydrogens (tertiary/aromatic N) is 2. The zero-order chi connectivity index (χ0) is 14.8. The Balaban J connectivity index is 2.29. The minimum atomic E-state index is -0.411. The fourth-order valence-corrected chi connectivity index (χ4v) is 2.46. The third-order valence-electron chi connectivity index (χ3n) is 3.13. The molecule has 0 unspecified atom stereocenters. The van der Waals surface area contributed by atoms with Crippen LogP contribution in [0.15, 0.2) is 48.7 Å². The lowest BCUT2D eigenvalue weighted by Crippen LogP contribution is -2.09. The van der Waals surface area contributed by atoms with Crippen molar-refractivity contribution in [3.63, 3.8) is 0 Å². The fourth-order valence-electron chi connectivity index (χ4n) is 2.23. The minimum absolute atomic E-state index is 0.306. The maximum atomic E-state index is 12.3. The van der Waals surface area contributed by atoms with Gasteiger partial charge < -0.3 is 4.74 Å². The molecule has 0 saturated heterocycles. The quantitative estimate of drug-likeness (QED) is 0.690. The van der Waals surface area contributed by atoms with Crippen LogP contribution in [-0.4, -0.2) is 22.0 Å². The Hall–Kier alpha value is -2.33. The van der Waals surface area contributed by atoms with Crippen molar-refractivity contribution >= 4 is 23.2 Å². The normalized spacial score (nSPS) is 10.8. The first-order chi connectivity index (χ1) is 10.2. The van der Waals surface area contributed by atoms with E-state index >= 15 is 0 Å². The standard InChI is InChI=1S/C16H13ClN2O2/c1-2-21-16(20)15-14(11-7-3-4-8-12(11)17)18-13-9-5-6-10-19(13)15/h3-10H,2H2,1H3. The molecule has 1 aromatic carbocycles. The van der Waals surface area contributed by atoms with Crippen molar-refractivity contribution in [3.05, 3.63) is 59.4 Å². The predicted molar refractivity (Wildman–Crippen MR) is 81.6 cm³/mol. The van der Waals surface area contributed by atoms with E-state index in [-0.39, 0.29) is 0 Å². The Morgan fingerprint density at radius 2 is 2.00 bits per heavy atom. The molecule has 0 saturated carbocycles. The van der Waals surface area contributed by atoms with Crippen LogP contribution in [0.3, 0.4) is 0 Å². The lowest BCUT2D eigenvalue weighted by Gasteiger charge is -2.05. The number of rotatable bonds is 3. The smallest absolute Gasteiger partial charge is 0.357 e. The molecule has 0 atom stereocenters. The summed E-state index contributed by atoms with van der Waals surface area (Å²) in [5, 5.41) is 0.548. The Morgan fingerprint density at radius 1 is 1.24 bits per heavy atom. The van der Waals surface area contributed by atoms with Gasteiger partial charge in [-0.2, -0.15) is 0 Å². The number of benzene rings is 1. The third-order valence-corrected chi connectivity index (χ3v) is 3.46. The number of fused-ring (bicyclic) bond motifs is 1. The molecule has 2 heterocycles. The van der Waals surface area contributed by atoms with Crippen LogP contribution in [0, 0.1) is 0 Å². The molecule has 3 aromatic rings. The van der Waals surface area contributed by atoms with Crippen molar-refractivity contribution in [1.82, 2.24) is 9.38 Å². The maximum Gasteiger partial charge on any atom is 0.357 e. The molecule has 0 radical (unpaired) electrons. The molecule has 4 nitrogen and oxygen atoms in total. The predicted octanol–water partition coefficient (Wildman–Crippen LogP) is 3.83. The van der Waals surface area contributed by atoms with E-state index in [0.29, 0.717) is 34.2 Å². The fraction of sp³-hybridized carbons (Fsp3) is 0.125. The maximum absolute atomic E-state index is 12.3. The number of esters is 1. The van der Waals surface area contributed by atoms with Crippen molar-refractivity contribution in [1.29, 1.82) is 0 Å². The van der Waals surface area contributed by atoms with Gasteiger partial charge in [0, 0.05) is 11.8 Å². The number of pyridine rings is 1. The molecule has 0 N–H and O–H groups in total. The van der Waals surface area contributed by atoms with E-state index < -0.39 is 5.97 Å². The van der Waals surface area contributed by atoms with E-state index in [4.69, 9.17) is 16.3 Å². The summed E-state index contributed by atoms with van der Waals surface area (Å²) in [6, 6.07) is 12.9. The van der Waals surface area contributed by atoms with Crippen LogP contribution in [0.2, 0.25) is 5.02 Å². The van der Waals surface area contributed by atoms with Gasteiger partial charge in [0.15, 0.2) is 5.69 Å². The second-order valence-corrected chi connectivity index (χ2v) is 4.85. The van der Waals surface area contributed by atoms with Gasteiger partial charge in [-0.3, -0.25) is 4.40 Å². The van der Waals surface area contributed by atoms with Crippen molar-refractivity contribution in [3.8, 4) is 11.3 Å². The second kappa shape index (κ2) is 5.58. The zero-order valence-corrected chi connectivity index (χ0v) is 12.2. The number of carbonyl (C=O) groups is 1. The van der Waals surface area contributed by atoms with Crippen LogP contribution in [-0.2, 0) is 4.74 Å². The van der Waals surface area contributed by atoms with Gasteiger partial charge >= 0.3 is 5.97 Å². The van der Waals surface area contributed by atoms with Crippen molar-refractivity contribution < 1.29 is 9.53 Å². The van der Waals surface area contributed by atoms with Gasteiger partial charge in [0.05, 0.1) is 11.6 Å². The van der Waals surface area contributed by atoms with Gasteiger partial charge in [0.1, 0.15) is 11.3 Å². The molecule has 0 amide bonds. The average molecular weight is 301 g/mol. The molecule has 2 aromatic heterocycles. The first-order valence-electron chi connectivity index (χ1n) is 6.61. The van der Waals surface area contributed by atoms with Gasteiger partial charge in [0.2, 0.25) is 0 Å². The number of carbonyl (C=O) groups excluding carboxylic acids is 1. The number of ether oxygens (including phenoxy) is 1. The summed E-state index contributed by atoms with van der Waals surface area (Å²) in [4.78, 5) is 16.8. The first-order valence-corrected chi connectivity index (χ1v) is 6.99. The largest absolute Gasteiger partial charge is 0.461 e. The van der Waals surface area contributed by atoms with Gasteiger partial charge in [-0.05, 0) is 25.1 Å². The number of aromatic nitrogens is 2. The van der Waals surface area contributed by atoms with Crippen molar-refractivity contribution in [2.45, 2.75) is 6.92 Å². The molecule has 106 valence electrons. The molecule has 0 aliphatic carbocycles. The number of halogens is 1. The highest BCUT2D eigenvalue weighted by molar-refractivity contribution is 6.33. The summed E-state index contributed by atoms with van der Waals surface area (Å²) in [6.07, 6.45) is 1.79. The molecule has 21 heavy (non-hydrogen) atoms. The van der Waals surface area contributed by atoms with Crippen molar-refractivity contribution in [2.75, 3.05) is 6.61 Å². The van der Waals surface area contributed by atoms with Crippen LogP contribution in [0.25, 0.3) is 16.9 Å². The van der Waals surface area contributed by atoms with Gasteiger partial charge in [-0.25, -0.2) is 9.78 Å². The van der Waals surface area contributed by atoms with Crippen LogP contribution >= 0.6 is 11.6 Å². The lowest BCUT2D eigenvalue weighted by molar-refractivity contribution is 0.0519. The average Bonchev–Trinajstić information content (AvgIpc) is 2.87. The number of hydrogen-bond donors (Lipinski definition) is 0. The number of hydrogen-bond acceptors (Lipinski definition) is 3. The Labute approximate surface area is 126 Å². The van der Waals surface area contributed by atoms with E-state index in [1.165, 1.54) is 0 Å². The van der Waals surface area contributed by atoms with E-state index in [1.54, 1.807) is 23.6 Å². The van der Waals surface area contributed by atoms with Gasteiger partial charge in [0.25, 0.3) is 0 Å². The first kappa shape index (κ1) is 13.6. The topological polar surface area (TPSA) is 43.6 Å². The molecule has 0 spiro atoms. The highest BCUT2D eigenvalue weighted by Gasteiger charge is 2.22. The van der Waals surface area contributed by atoms with Crippen LogP contribution in [0.5, 0.6) is 0 Å². The highest BCUT2D eigenvalue weighted by atomic mass is 35.5. The van der Waals surface area contributed by atoms with E-state index in [2.05, 4.69) is 4.98 Å². The molecule has 0 fully saturated rings. The monoisotopic (exact) mass is 300 g/mol. The van der Waals surface area contributed by atoms with E-state index in [1.807, 2.05) is 36.4 Å². The number of imidazole rings is 1. The molecular weight excluding hydrogens is 288 g/mol. The summed E-state index contributed by atoms with van der Waals surface area (Å²) >= 11 is 6.24. The molecule has 5 heteroatoms. The SMILES string of the molecule is CCOC(=O)c1c(-c2ccccc2Cl)nc2ccccn12. The van der Waals surface area contributed by atoms with Crippen LogP contribution in [0.4, 0.5) is 0 Å². The third kappa shape index (κ3) is 2.38. The minimum Gasteiger partial charge on any atom is -0.461 e. The van der Waals surface area contributed by atoms with Crippen molar-refractivity contribution in [2.24, 2.45) is 0 Å². The lowest BCUT2D eigenvalue weighted by atomic mass is 10.1. The summed E-state index contributed by atoms with van der Waals surface area (Å²) in [5.74, 6) is -0.411. The summed E-state index contributed by atoms with van der Waals surface area (Å²) in [6.45, 7) is 2.08. The Bertz CT molecular complexity index is 811. The Kier molecular flexibility index (Phi) is 3.62. The zero-order valence-electron chi connectivity index (χ0n) is 11.4.